The molecular formula is C22H22N4O4. The van der Waals surface area contributed by atoms with Crippen LogP contribution in [-0.4, -0.2) is 53.2 Å². The highest BCUT2D eigenvalue weighted by Gasteiger charge is 2.31. The van der Waals surface area contributed by atoms with Crippen molar-refractivity contribution in [1.82, 2.24) is 14.5 Å². The van der Waals surface area contributed by atoms with Crippen LogP contribution in [0.1, 0.15) is 10.4 Å². The monoisotopic (exact) mass is 406 g/mol. The number of methoxy groups -OCH3 is 1. The average molecular weight is 406 g/mol. The highest BCUT2D eigenvalue weighted by Crippen LogP contribution is 2.24. The van der Waals surface area contributed by atoms with Crippen LogP contribution in [-0.2, 0) is 11.8 Å². The van der Waals surface area contributed by atoms with E-state index in [9.17, 15) is 9.59 Å². The lowest BCUT2D eigenvalue weighted by Crippen LogP contribution is -2.48. The van der Waals surface area contributed by atoms with Crippen LogP contribution in [0.2, 0.25) is 0 Å². The molecule has 2 aromatic heterocycles. The van der Waals surface area contributed by atoms with Crippen LogP contribution in [0.15, 0.2) is 59.7 Å². The van der Waals surface area contributed by atoms with E-state index in [0.717, 1.165) is 5.56 Å². The number of aromatic nitrogens is 3. The second-order valence-electron chi connectivity index (χ2n) is 6.94. The molecule has 1 aliphatic heterocycles. The van der Waals surface area contributed by atoms with Gasteiger partial charge in [-0.1, -0.05) is 12.1 Å². The number of ketones is 1. The van der Waals surface area contributed by atoms with E-state index >= 15 is 0 Å². The van der Waals surface area contributed by atoms with Crippen LogP contribution in [0.5, 0.6) is 5.75 Å². The molecule has 0 aliphatic carbocycles. The highest BCUT2D eigenvalue weighted by atomic mass is 16.5. The summed E-state index contributed by atoms with van der Waals surface area (Å²) in [6.07, 6.45) is 2.63. The minimum absolute atomic E-state index is 0.160. The number of carbonyl (C=O) groups is 1. The SMILES string of the molecule is COc1ccccc1C(=O)C1CN(c2nc(-c3ccncc3)cc(=O)n2C)CCO1. The Bertz CT molecular complexity index is 1110. The molecule has 1 saturated heterocycles. The van der Waals surface area contributed by atoms with Crippen LogP contribution in [0, 0.1) is 0 Å². The molecule has 30 heavy (non-hydrogen) atoms. The smallest absolute Gasteiger partial charge is 0.255 e. The van der Waals surface area contributed by atoms with Crippen molar-refractivity contribution in [2.45, 2.75) is 6.10 Å². The van der Waals surface area contributed by atoms with Gasteiger partial charge < -0.3 is 14.4 Å². The van der Waals surface area contributed by atoms with Gasteiger partial charge in [-0.2, -0.15) is 0 Å². The fourth-order valence-electron chi connectivity index (χ4n) is 3.49. The van der Waals surface area contributed by atoms with Crippen molar-refractivity contribution >= 4 is 11.7 Å². The van der Waals surface area contributed by atoms with Gasteiger partial charge in [0.2, 0.25) is 5.95 Å². The van der Waals surface area contributed by atoms with E-state index in [4.69, 9.17) is 14.5 Å². The zero-order valence-electron chi connectivity index (χ0n) is 16.8. The number of nitrogens with zero attached hydrogens (tertiary/aromatic N) is 4. The third kappa shape index (κ3) is 3.81. The van der Waals surface area contributed by atoms with Crippen LogP contribution >= 0.6 is 0 Å². The number of rotatable bonds is 5. The molecule has 0 spiro atoms. The van der Waals surface area contributed by atoms with Crippen molar-refractivity contribution in [3.63, 3.8) is 0 Å². The van der Waals surface area contributed by atoms with E-state index in [2.05, 4.69) is 4.98 Å². The second kappa shape index (κ2) is 8.46. The minimum Gasteiger partial charge on any atom is -0.496 e. The average Bonchev–Trinajstić information content (AvgIpc) is 2.81. The Morgan fingerprint density at radius 1 is 1.20 bits per heavy atom. The number of benzene rings is 1. The summed E-state index contributed by atoms with van der Waals surface area (Å²) in [6, 6.07) is 12.2. The van der Waals surface area contributed by atoms with E-state index < -0.39 is 6.10 Å². The standard InChI is InChI=1S/C22H22N4O4/c1-25-20(27)13-17(15-7-9-23-10-8-15)24-22(25)26-11-12-30-19(14-26)21(28)16-5-3-4-6-18(16)29-2/h3-10,13,19H,11-12,14H2,1-2H3. The van der Waals surface area contributed by atoms with Crippen molar-refractivity contribution in [1.29, 1.82) is 0 Å². The van der Waals surface area contributed by atoms with Gasteiger partial charge in [-0.25, -0.2) is 4.98 Å². The van der Waals surface area contributed by atoms with E-state index in [0.29, 0.717) is 36.1 Å². The summed E-state index contributed by atoms with van der Waals surface area (Å²) in [5.74, 6) is 0.844. The summed E-state index contributed by atoms with van der Waals surface area (Å²) in [6.45, 7) is 1.16. The third-order valence-electron chi connectivity index (χ3n) is 5.10. The first-order valence-corrected chi connectivity index (χ1v) is 9.60. The van der Waals surface area contributed by atoms with E-state index in [1.807, 2.05) is 11.0 Å². The van der Waals surface area contributed by atoms with Gasteiger partial charge in [0.25, 0.3) is 5.56 Å². The van der Waals surface area contributed by atoms with Gasteiger partial charge in [0.15, 0.2) is 5.78 Å². The normalized spacial score (nSPS) is 16.3. The number of anilines is 1. The molecule has 0 saturated carbocycles. The highest BCUT2D eigenvalue weighted by molar-refractivity contribution is 6.02. The Balaban J connectivity index is 1.64. The fraction of sp³-hybridized carbons (Fsp3) is 0.273. The molecule has 1 atom stereocenters. The second-order valence-corrected chi connectivity index (χ2v) is 6.94. The van der Waals surface area contributed by atoms with Crippen LogP contribution < -0.4 is 15.2 Å². The first-order chi connectivity index (χ1) is 14.6. The number of ether oxygens (including phenoxy) is 2. The summed E-state index contributed by atoms with van der Waals surface area (Å²) < 4.78 is 12.6. The van der Waals surface area contributed by atoms with Crippen molar-refractivity contribution in [3.05, 3.63) is 70.8 Å². The molecule has 1 unspecified atom stereocenters. The predicted octanol–water partition coefficient (Wildman–Crippen LogP) is 1.94. The molecule has 8 heteroatoms. The summed E-state index contributed by atoms with van der Waals surface area (Å²) >= 11 is 0. The molecular weight excluding hydrogens is 384 g/mol. The molecule has 1 fully saturated rings. The fourth-order valence-corrected chi connectivity index (χ4v) is 3.49. The Kier molecular flexibility index (Phi) is 5.58. The number of hydrogen-bond acceptors (Lipinski definition) is 7. The number of Topliss-reactive ketones (excluding diaryl/α,β-unsaturated/α-hetero) is 1. The van der Waals surface area contributed by atoms with E-state index in [1.165, 1.54) is 17.7 Å². The predicted molar refractivity (Wildman–Crippen MR) is 112 cm³/mol. The van der Waals surface area contributed by atoms with Gasteiger partial charge in [-0.15, -0.1) is 0 Å². The molecule has 0 N–H and O–H groups in total. The van der Waals surface area contributed by atoms with Crippen LogP contribution in [0.25, 0.3) is 11.3 Å². The van der Waals surface area contributed by atoms with E-state index in [1.54, 1.807) is 49.8 Å². The molecule has 0 amide bonds. The summed E-state index contributed by atoms with van der Waals surface area (Å²) in [5, 5.41) is 0. The summed E-state index contributed by atoms with van der Waals surface area (Å²) in [4.78, 5) is 36.2. The first-order valence-electron chi connectivity index (χ1n) is 9.60. The Hall–Kier alpha value is -3.52. The van der Waals surface area contributed by atoms with Crippen LogP contribution in [0.4, 0.5) is 5.95 Å². The lowest BCUT2D eigenvalue weighted by Gasteiger charge is -2.33. The number of para-hydroxylation sites is 1. The molecule has 8 nitrogen and oxygen atoms in total. The van der Waals surface area contributed by atoms with Gasteiger partial charge in [0, 0.05) is 37.6 Å². The maximum Gasteiger partial charge on any atom is 0.255 e. The van der Waals surface area contributed by atoms with Crippen molar-refractivity contribution < 1.29 is 14.3 Å². The largest absolute Gasteiger partial charge is 0.496 e. The molecule has 154 valence electrons. The van der Waals surface area contributed by atoms with Crippen molar-refractivity contribution in [2.24, 2.45) is 7.05 Å². The number of pyridine rings is 1. The number of morpholine rings is 1. The van der Waals surface area contributed by atoms with Crippen LogP contribution in [0.3, 0.4) is 0 Å². The minimum atomic E-state index is -0.684. The molecule has 3 heterocycles. The molecule has 4 rings (SSSR count). The zero-order valence-corrected chi connectivity index (χ0v) is 16.8. The van der Waals surface area contributed by atoms with Gasteiger partial charge in [-0.3, -0.25) is 19.1 Å². The van der Waals surface area contributed by atoms with E-state index in [-0.39, 0.29) is 17.9 Å². The quantitative estimate of drug-likeness (QED) is 0.599. The first kappa shape index (κ1) is 19.8. The Morgan fingerprint density at radius 2 is 1.97 bits per heavy atom. The van der Waals surface area contributed by atoms with Gasteiger partial charge in [0.05, 0.1) is 31.5 Å². The Morgan fingerprint density at radius 3 is 2.73 bits per heavy atom. The van der Waals surface area contributed by atoms with Crippen molar-refractivity contribution in [2.75, 3.05) is 31.7 Å². The molecule has 3 aromatic rings. The number of carbonyl (C=O) groups excluding carboxylic acids is 1. The summed E-state index contributed by atoms with van der Waals surface area (Å²) in [7, 11) is 3.21. The number of hydrogen-bond donors (Lipinski definition) is 0. The lowest BCUT2D eigenvalue weighted by atomic mass is 10.0. The summed E-state index contributed by atoms with van der Waals surface area (Å²) in [5.41, 5.74) is 1.67. The molecule has 0 bridgehead atoms. The molecule has 1 aromatic carbocycles. The van der Waals surface area contributed by atoms with Gasteiger partial charge in [-0.05, 0) is 24.3 Å². The third-order valence-corrected chi connectivity index (χ3v) is 5.10. The Labute approximate surface area is 173 Å². The topological polar surface area (TPSA) is 86.5 Å². The molecule has 0 radical (unpaired) electrons. The molecule has 1 aliphatic rings. The zero-order chi connectivity index (χ0) is 21.1. The van der Waals surface area contributed by atoms with Gasteiger partial charge >= 0.3 is 0 Å². The van der Waals surface area contributed by atoms with Crippen molar-refractivity contribution in [3.8, 4) is 17.0 Å². The van der Waals surface area contributed by atoms with Gasteiger partial charge in [0.1, 0.15) is 11.9 Å². The maximum atomic E-state index is 13.1. The lowest BCUT2D eigenvalue weighted by molar-refractivity contribution is 0.0334. The maximum absolute atomic E-state index is 13.1.